The van der Waals surface area contributed by atoms with Crippen LogP contribution in [0.15, 0.2) is 72.8 Å². The molecule has 31 heavy (non-hydrogen) atoms. The lowest BCUT2D eigenvalue weighted by Crippen LogP contribution is -2.22. The SMILES string of the molecule is COc1ccccc1/C=C(/C(=O)OCC(=O)Nc1c(F)cccc1F)c1ccccc1. The molecule has 3 aromatic rings. The smallest absolute Gasteiger partial charge is 0.339 e. The van der Waals surface area contributed by atoms with Gasteiger partial charge in [-0.1, -0.05) is 54.6 Å². The number of halogens is 2. The number of methoxy groups -OCH3 is 1. The van der Waals surface area contributed by atoms with Gasteiger partial charge >= 0.3 is 5.97 Å². The molecule has 0 heterocycles. The van der Waals surface area contributed by atoms with Crippen LogP contribution in [-0.4, -0.2) is 25.6 Å². The summed E-state index contributed by atoms with van der Waals surface area (Å²) in [5, 5.41) is 2.07. The van der Waals surface area contributed by atoms with Crippen LogP contribution in [0.1, 0.15) is 11.1 Å². The van der Waals surface area contributed by atoms with Crippen molar-refractivity contribution in [1.29, 1.82) is 0 Å². The number of nitrogens with one attached hydrogen (secondary N) is 1. The lowest BCUT2D eigenvalue weighted by Gasteiger charge is -2.11. The molecule has 0 aliphatic carbocycles. The summed E-state index contributed by atoms with van der Waals surface area (Å²) in [6, 6.07) is 19.0. The lowest BCUT2D eigenvalue weighted by molar-refractivity contribution is -0.141. The van der Waals surface area contributed by atoms with E-state index < -0.39 is 35.8 Å². The maximum atomic E-state index is 13.7. The highest BCUT2D eigenvalue weighted by atomic mass is 19.1. The molecule has 0 fully saturated rings. The van der Waals surface area contributed by atoms with Crippen LogP contribution in [0.4, 0.5) is 14.5 Å². The fraction of sp³-hybridized carbons (Fsp3) is 0.0833. The molecular formula is C24H19F2NO4. The van der Waals surface area contributed by atoms with Crippen LogP contribution in [0, 0.1) is 11.6 Å². The van der Waals surface area contributed by atoms with E-state index in [4.69, 9.17) is 9.47 Å². The van der Waals surface area contributed by atoms with E-state index in [-0.39, 0.29) is 5.57 Å². The van der Waals surface area contributed by atoms with Gasteiger partial charge in [0.25, 0.3) is 5.91 Å². The van der Waals surface area contributed by atoms with Gasteiger partial charge in [0.15, 0.2) is 6.61 Å². The highest BCUT2D eigenvalue weighted by molar-refractivity contribution is 6.22. The summed E-state index contributed by atoms with van der Waals surface area (Å²) >= 11 is 0. The number of hydrogen-bond acceptors (Lipinski definition) is 4. The summed E-state index contributed by atoms with van der Waals surface area (Å²) in [6.07, 6.45) is 1.59. The Morgan fingerprint density at radius 2 is 1.55 bits per heavy atom. The van der Waals surface area contributed by atoms with E-state index >= 15 is 0 Å². The molecule has 3 aromatic carbocycles. The number of anilines is 1. The van der Waals surface area contributed by atoms with E-state index in [0.717, 1.165) is 12.1 Å². The maximum absolute atomic E-state index is 13.7. The second-order valence-electron chi connectivity index (χ2n) is 6.39. The Morgan fingerprint density at radius 3 is 2.23 bits per heavy atom. The minimum Gasteiger partial charge on any atom is -0.496 e. The largest absolute Gasteiger partial charge is 0.496 e. The second kappa shape index (κ2) is 10.2. The Hall–Kier alpha value is -4.00. The molecule has 3 rings (SSSR count). The van der Waals surface area contributed by atoms with Gasteiger partial charge in [-0.2, -0.15) is 0 Å². The van der Waals surface area contributed by atoms with Crippen molar-refractivity contribution in [2.75, 3.05) is 19.0 Å². The summed E-state index contributed by atoms with van der Waals surface area (Å²) in [4.78, 5) is 24.9. The minimum absolute atomic E-state index is 0.190. The number of hydrogen-bond donors (Lipinski definition) is 1. The molecule has 0 unspecified atom stereocenters. The first-order valence-electron chi connectivity index (χ1n) is 9.30. The topological polar surface area (TPSA) is 64.6 Å². The molecule has 7 heteroatoms. The first-order valence-corrected chi connectivity index (χ1v) is 9.30. The minimum atomic E-state index is -0.930. The summed E-state index contributed by atoms with van der Waals surface area (Å²) in [7, 11) is 1.51. The van der Waals surface area contributed by atoms with E-state index in [1.807, 2.05) is 0 Å². The van der Waals surface area contributed by atoms with Gasteiger partial charge in [0.05, 0.1) is 12.7 Å². The molecule has 0 bridgehead atoms. The van der Waals surface area contributed by atoms with E-state index in [9.17, 15) is 18.4 Å². The van der Waals surface area contributed by atoms with E-state index in [1.165, 1.54) is 13.2 Å². The predicted molar refractivity (Wildman–Crippen MR) is 113 cm³/mol. The molecule has 158 valence electrons. The van der Waals surface area contributed by atoms with Crippen LogP contribution in [0.3, 0.4) is 0 Å². The Labute approximate surface area is 177 Å². The highest BCUT2D eigenvalue weighted by Crippen LogP contribution is 2.25. The number of carbonyl (C=O) groups excluding carboxylic acids is 2. The van der Waals surface area contributed by atoms with Gasteiger partial charge in [0.2, 0.25) is 0 Å². The summed E-state index contributed by atoms with van der Waals surface area (Å²) in [5.41, 5.74) is 0.795. The van der Waals surface area contributed by atoms with Gasteiger partial charge in [-0.25, -0.2) is 13.6 Å². The Bertz CT molecular complexity index is 1090. The van der Waals surface area contributed by atoms with Crippen LogP contribution in [0.25, 0.3) is 11.6 Å². The molecule has 0 aliphatic heterocycles. The first-order chi connectivity index (χ1) is 15.0. The third-order valence-corrected chi connectivity index (χ3v) is 4.31. The second-order valence-corrected chi connectivity index (χ2v) is 6.39. The van der Waals surface area contributed by atoms with E-state index in [1.54, 1.807) is 60.7 Å². The molecule has 0 radical (unpaired) electrons. The van der Waals surface area contributed by atoms with Crippen molar-refractivity contribution in [3.05, 3.63) is 95.6 Å². The van der Waals surface area contributed by atoms with Crippen LogP contribution in [0.2, 0.25) is 0 Å². The predicted octanol–water partition coefficient (Wildman–Crippen LogP) is 4.70. The summed E-state index contributed by atoms with van der Waals surface area (Å²) in [5.74, 6) is -2.96. The van der Waals surface area contributed by atoms with Crippen molar-refractivity contribution in [3.63, 3.8) is 0 Å². The third-order valence-electron chi connectivity index (χ3n) is 4.31. The number of esters is 1. The Kier molecular flexibility index (Phi) is 7.11. The van der Waals surface area contributed by atoms with Crippen molar-refractivity contribution in [2.45, 2.75) is 0 Å². The number of amides is 1. The molecule has 0 spiro atoms. The summed E-state index contributed by atoms with van der Waals surface area (Å²) < 4.78 is 37.8. The summed E-state index contributed by atoms with van der Waals surface area (Å²) in [6.45, 7) is -0.720. The maximum Gasteiger partial charge on any atom is 0.339 e. The van der Waals surface area contributed by atoms with Gasteiger partial charge in [0, 0.05) is 5.56 Å². The molecular weight excluding hydrogens is 404 g/mol. The molecule has 1 N–H and O–H groups in total. The normalized spacial score (nSPS) is 11.0. The number of ether oxygens (including phenoxy) is 2. The standard InChI is InChI=1S/C24H19F2NO4/c1-30-21-13-6-5-10-17(21)14-18(16-8-3-2-4-9-16)24(29)31-15-22(28)27-23-19(25)11-7-12-20(23)26/h2-14H,15H2,1H3,(H,27,28)/b18-14+. The third kappa shape index (κ3) is 5.54. The number of rotatable bonds is 7. The number of carbonyl (C=O) groups is 2. The average molecular weight is 423 g/mol. The molecule has 5 nitrogen and oxygen atoms in total. The van der Waals surface area contributed by atoms with Gasteiger partial charge in [0.1, 0.15) is 23.1 Å². The monoisotopic (exact) mass is 423 g/mol. The number of benzene rings is 3. The molecule has 0 atom stereocenters. The fourth-order valence-electron chi connectivity index (χ4n) is 2.82. The van der Waals surface area contributed by atoms with Gasteiger partial charge in [-0.3, -0.25) is 4.79 Å². The van der Waals surface area contributed by atoms with Gasteiger partial charge in [-0.05, 0) is 29.8 Å². The molecule has 0 saturated carbocycles. The lowest BCUT2D eigenvalue weighted by atomic mass is 10.0. The zero-order valence-electron chi connectivity index (χ0n) is 16.6. The van der Waals surface area contributed by atoms with Crippen LogP contribution in [0.5, 0.6) is 5.75 Å². The Balaban J connectivity index is 1.79. The van der Waals surface area contributed by atoms with Gasteiger partial charge in [-0.15, -0.1) is 0 Å². The van der Waals surface area contributed by atoms with Crippen LogP contribution in [-0.2, 0) is 14.3 Å². The Morgan fingerprint density at radius 1 is 0.903 bits per heavy atom. The zero-order chi connectivity index (χ0) is 22.2. The molecule has 0 saturated heterocycles. The number of para-hydroxylation sites is 2. The van der Waals surface area contributed by atoms with Crippen molar-refractivity contribution in [3.8, 4) is 5.75 Å². The van der Waals surface area contributed by atoms with Crippen molar-refractivity contribution in [2.24, 2.45) is 0 Å². The van der Waals surface area contributed by atoms with Gasteiger partial charge < -0.3 is 14.8 Å². The van der Waals surface area contributed by atoms with Crippen LogP contribution >= 0.6 is 0 Å². The molecule has 0 aromatic heterocycles. The highest BCUT2D eigenvalue weighted by Gasteiger charge is 2.18. The quantitative estimate of drug-likeness (QED) is 0.340. The van der Waals surface area contributed by atoms with E-state index in [2.05, 4.69) is 5.32 Å². The van der Waals surface area contributed by atoms with E-state index in [0.29, 0.717) is 16.9 Å². The molecule has 1 amide bonds. The first kappa shape index (κ1) is 21.7. The zero-order valence-corrected chi connectivity index (χ0v) is 16.6. The fourth-order valence-corrected chi connectivity index (χ4v) is 2.82. The molecule has 0 aliphatic rings. The van der Waals surface area contributed by atoms with Crippen molar-refractivity contribution < 1.29 is 27.8 Å². The average Bonchev–Trinajstić information content (AvgIpc) is 2.79. The van der Waals surface area contributed by atoms with Crippen molar-refractivity contribution in [1.82, 2.24) is 0 Å². The van der Waals surface area contributed by atoms with Crippen molar-refractivity contribution >= 4 is 29.2 Å². The van der Waals surface area contributed by atoms with Crippen LogP contribution < -0.4 is 10.1 Å².